The Balaban J connectivity index is 2.79. The third kappa shape index (κ3) is 2.01. The van der Waals surface area contributed by atoms with Crippen LogP contribution in [0.3, 0.4) is 0 Å². The third-order valence-electron chi connectivity index (χ3n) is 1.94. The Morgan fingerprint density at radius 3 is 2.50 bits per heavy atom. The van der Waals surface area contributed by atoms with Gasteiger partial charge in [0.15, 0.2) is 0 Å². The van der Waals surface area contributed by atoms with Crippen LogP contribution in [0.4, 0.5) is 0 Å². The predicted molar refractivity (Wildman–Crippen MR) is 53.5 cm³/mol. The van der Waals surface area contributed by atoms with Gasteiger partial charge < -0.3 is 4.90 Å². The van der Waals surface area contributed by atoms with Crippen LogP contribution in [0.5, 0.6) is 0 Å². The predicted octanol–water partition coefficient (Wildman–Crippen LogP) is 2.60. The molecule has 0 N–H and O–H groups in total. The van der Waals surface area contributed by atoms with Gasteiger partial charge in [0.05, 0.1) is 10.7 Å². The van der Waals surface area contributed by atoms with E-state index in [-0.39, 0.29) is 5.54 Å². The number of rotatable bonds is 0. The van der Waals surface area contributed by atoms with Gasteiger partial charge in [-0.25, -0.2) is 0 Å². The second-order valence-electron chi connectivity index (χ2n) is 4.00. The summed E-state index contributed by atoms with van der Waals surface area (Å²) >= 11 is 5.96. The van der Waals surface area contributed by atoms with Gasteiger partial charge in [0.25, 0.3) is 0 Å². The molecule has 0 aliphatic carbocycles. The highest BCUT2D eigenvalue weighted by atomic mass is 35.5. The molecule has 1 heterocycles. The van der Waals surface area contributed by atoms with E-state index < -0.39 is 0 Å². The minimum atomic E-state index is 0.102. The molecule has 1 aliphatic heterocycles. The van der Waals surface area contributed by atoms with Gasteiger partial charge in [0.2, 0.25) is 0 Å². The lowest BCUT2D eigenvalue weighted by molar-refractivity contribution is 0.209. The van der Waals surface area contributed by atoms with E-state index in [1.807, 2.05) is 13.1 Å². The monoisotopic (exact) mass is 186 g/mol. The standard InChI is InChI=1S/C9H15ClN2/c1-7-8(10)5-12(6-11-7)9(2,3)4/h5H,6H2,1-4H3. The molecule has 3 heteroatoms. The highest BCUT2D eigenvalue weighted by molar-refractivity contribution is 6.43. The fraction of sp³-hybridized carbons (Fsp3) is 0.667. The molecule has 0 aromatic rings. The Hall–Kier alpha value is -0.500. The summed E-state index contributed by atoms with van der Waals surface area (Å²) in [6.45, 7) is 9.07. The van der Waals surface area contributed by atoms with E-state index >= 15 is 0 Å². The SMILES string of the molecule is CC1=NCN(C(C)(C)C)C=C1Cl. The van der Waals surface area contributed by atoms with Crippen molar-refractivity contribution in [1.82, 2.24) is 4.90 Å². The summed E-state index contributed by atoms with van der Waals surface area (Å²) < 4.78 is 0. The minimum Gasteiger partial charge on any atom is -0.352 e. The van der Waals surface area contributed by atoms with E-state index in [4.69, 9.17) is 11.6 Å². The molecular weight excluding hydrogens is 172 g/mol. The summed E-state index contributed by atoms with van der Waals surface area (Å²) in [6, 6.07) is 0. The molecule has 2 nitrogen and oxygen atoms in total. The topological polar surface area (TPSA) is 15.6 Å². The Labute approximate surface area is 78.9 Å². The summed E-state index contributed by atoms with van der Waals surface area (Å²) in [6.07, 6.45) is 1.96. The maximum atomic E-state index is 5.96. The average molecular weight is 187 g/mol. The van der Waals surface area contributed by atoms with Crippen LogP contribution >= 0.6 is 11.6 Å². The van der Waals surface area contributed by atoms with Gasteiger partial charge in [-0.2, -0.15) is 0 Å². The molecule has 68 valence electrons. The molecule has 0 fully saturated rings. The summed E-state index contributed by atoms with van der Waals surface area (Å²) in [5.41, 5.74) is 1.03. The van der Waals surface area contributed by atoms with Crippen molar-refractivity contribution in [3.05, 3.63) is 11.2 Å². The first-order chi connectivity index (χ1) is 5.41. The van der Waals surface area contributed by atoms with Crippen LogP contribution in [-0.2, 0) is 0 Å². The Morgan fingerprint density at radius 1 is 1.50 bits per heavy atom. The van der Waals surface area contributed by atoms with Crippen LogP contribution in [0.25, 0.3) is 0 Å². The first-order valence-electron chi connectivity index (χ1n) is 4.07. The molecule has 0 atom stereocenters. The van der Waals surface area contributed by atoms with Crippen molar-refractivity contribution in [2.75, 3.05) is 6.67 Å². The largest absolute Gasteiger partial charge is 0.352 e. The highest BCUT2D eigenvalue weighted by Gasteiger charge is 2.20. The Kier molecular flexibility index (Phi) is 2.47. The van der Waals surface area contributed by atoms with Crippen molar-refractivity contribution >= 4 is 17.3 Å². The summed E-state index contributed by atoms with van der Waals surface area (Å²) in [7, 11) is 0. The molecule has 1 rings (SSSR count). The zero-order valence-electron chi connectivity index (χ0n) is 8.06. The van der Waals surface area contributed by atoms with Gasteiger partial charge >= 0.3 is 0 Å². The van der Waals surface area contributed by atoms with Gasteiger partial charge in [-0.1, -0.05) is 11.6 Å². The number of allylic oxidation sites excluding steroid dienone is 1. The summed E-state index contributed by atoms with van der Waals surface area (Å²) in [5.74, 6) is 0. The minimum absolute atomic E-state index is 0.102. The molecule has 0 spiro atoms. The number of aliphatic imine (C=N–C) groups is 1. The van der Waals surface area contributed by atoms with Crippen molar-refractivity contribution in [2.45, 2.75) is 33.2 Å². The Morgan fingerprint density at radius 2 is 2.08 bits per heavy atom. The summed E-state index contributed by atoms with van der Waals surface area (Å²) in [5, 5.41) is 0.746. The molecule has 0 amide bonds. The second kappa shape index (κ2) is 3.09. The molecule has 0 bridgehead atoms. The maximum Gasteiger partial charge on any atom is 0.110 e. The fourth-order valence-corrected chi connectivity index (χ4v) is 1.11. The molecule has 0 radical (unpaired) electrons. The molecular formula is C9H15ClN2. The molecule has 0 saturated carbocycles. The van der Waals surface area contributed by atoms with Crippen LogP contribution in [-0.4, -0.2) is 22.8 Å². The smallest absolute Gasteiger partial charge is 0.110 e. The first-order valence-corrected chi connectivity index (χ1v) is 4.44. The van der Waals surface area contributed by atoms with Crippen LogP contribution in [0.1, 0.15) is 27.7 Å². The van der Waals surface area contributed by atoms with E-state index in [1.165, 1.54) is 0 Å². The van der Waals surface area contributed by atoms with E-state index in [2.05, 4.69) is 30.7 Å². The highest BCUT2D eigenvalue weighted by Crippen LogP contribution is 2.20. The lowest BCUT2D eigenvalue weighted by Crippen LogP contribution is -2.39. The van der Waals surface area contributed by atoms with Gasteiger partial charge in [-0.15, -0.1) is 0 Å². The van der Waals surface area contributed by atoms with Crippen LogP contribution in [0.2, 0.25) is 0 Å². The lowest BCUT2D eigenvalue weighted by Gasteiger charge is -2.35. The van der Waals surface area contributed by atoms with E-state index in [9.17, 15) is 0 Å². The number of halogens is 1. The lowest BCUT2D eigenvalue weighted by atomic mass is 10.1. The normalized spacial score (nSPS) is 18.9. The number of hydrogen-bond acceptors (Lipinski definition) is 2. The van der Waals surface area contributed by atoms with Crippen LogP contribution < -0.4 is 0 Å². The molecule has 0 aromatic heterocycles. The van der Waals surface area contributed by atoms with Crippen molar-refractivity contribution in [2.24, 2.45) is 4.99 Å². The van der Waals surface area contributed by atoms with Gasteiger partial charge in [0.1, 0.15) is 6.67 Å². The van der Waals surface area contributed by atoms with Crippen LogP contribution in [0.15, 0.2) is 16.2 Å². The van der Waals surface area contributed by atoms with Crippen molar-refractivity contribution in [3.63, 3.8) is 0 Å². The summed E-state index contributed by atoms with van der Waals surface area (Å²) in [4.78, 5) is 6.43. The van der Waals surface area contributed by atoms with Gasteiger partial charge in [-0.3, -0.25) is 4.99 Å². The van der Waals surface area contributed by atoms with E-state index in [1.54, 1.807) is 0 Å². The molecule has 0 saturated heterocycles. The molecule has 1 aliphatic rings. The molecule has 0 unspecified atom stereocenters. The van der Waals surface area contributed by atoms with Crippen molar-refractivity contribution < 1.29 is 0 Å². The maximum absolute atomic E-state index is 5.96. The quantitative estimate of drug-likeness (QED) is 0.568. The third-order valence-corrected chi connectivity index (χ3v) is 2.31. The Bertz CT molecular complexity index is 235. The van der Waals surface area contributed by atoms with Crippen LogP contribution in [0, 0.1) is 0 Å². The van der Waals surface area contributed by atoms with Crippen molar-refractivity contribution in [1.29, 1.82) is 0 Å². The first kappa shape index (κ1) is 9.59. The number of hydrogen-bond donors (Lipinski definition) is 0. The molecule has 12 heavy (non-hydrogen) atoms. The molecule has 0 aromatic carbocycles. The zero-order valence-corrected chi connectivity index (χ0v) is 8.81. The van der Waals surface area contributed by atoms with Crippen molar-refractivity contribution in [3.8, 4) is 0 Å². The van der Waals surface area contributed by atoms with Gasteiger partial charge in [0, 0.05) is 11.7 Å². The zero-order chi connectivity index (χ0) is 9.35. The average Bonchev–Trinajstić information content (AvgIpc) is 1.92. The van der Waals surface area contributed by atoms with E-state index in [0.29, 0.717) is 6.67 Å². The van der Waals surface area contributed by atoms with Gasteiger partial charge in [-0.05, 0) is 27.7 Å². The fourth-order valence-electron chi connectivity index (χ4n) is 0.935. The van der Waals surface area contributed by atoms with E-state index in [0.717, 1.165) is 10.7 Å². The second-order valence-corrected chi connectivity index (χ2v) is 4.41. The number of nitrogens with zero attached hydrogens (tertiary/aromatic N) is 2.